The molecule has 0 saturated carbocycles. The number of rotatable bonds is 14. The van der Waals surface area contributed by atoms with Gasteiger partial charge in [0.1, 0.15) is 29.5 Å². The Morgan fingerprint density at radius 3 is 2.64 bits per heavy atom. The predicted molar refractivity (Wildman–Crippen MR) is 154 cm³/mol. The molecule has 2 aromatic heterocycles. The zero-order valence-electron chi connectivity index (χ0n) is 23.7. The molecule has 1 saturated heterocycles. The van der Waals surface area contributed by atoms with Crippen molar-refractivity contribution >= 4 is 50.1 Å². The summed E-state index contributed by atoms with van der Waals surface area (Å²) >= 11 is 5.86. The highest BCUT2D eigenvalue weighted by Gasteiger charge is 2.48. The van der Waals surface area contributed by atoms with Crippen LogP contribution in [0.15, 0.2) is 36.7 Å². The van der Waals surface area contributed by atoms with Crippen LogP contribution in [-0.4, -0.2) is 73.1 Å². The minimum atomic E-state index is -5.31. The molecule has 4 rings (SSSR count). The highest BCUT2D eigenvalue weighted by atomic mass is 35.5. The molecule has 0 spiro atoms. The first-order valence-electron chi connectivity index (χ1n) is 13.4. The minimum Gasteiger partial charge on any atom is -0.465 e. The number of carbonyl (C=O) groups is 1. The molecule has 16 nitrogen and oxygen atoms in total. The second kappa shape index (κ2) is 14.1. The number of ether oxygens (including phenoxy) is 2. The van der Waals surface area contributed by atoms with Gasteiger partial charge in [-0.2, -0.15) is 19.4 Å². The zero-order valence-corrected chi connectivity index (χ0v) is 26.3. The Labute approximate surface area is 256 Å². The lowest BCUT2D eigenvalue weighted by atomic mass is 10.0. The van der Waals surface area contributed by atoms with E-state index in [1.165, 1.54) is 12.1 Å². The third-order valence-corrected chi connectivity index (χ3v) is 10.00. The lowest BCUT2D eigenvalue weighted by Crippen LogP contribution is -2.42. The summed E-state index contributed by atoms with van der Waals surface area (Å²) in [5.41, 5.74) is 5.91. The third kappa shape index (κ3) is 7.91. The number of aliphatic hydroxyl groups excluding tert-OH is 1. The van der Waals surface area contributed by atoms with Gasteiger partial charge in [-0.15, -0.1) is 0 Å². The Morgan fingerprint density at radius 2 is 1.98 bits per heavy atom. The number of para-hydroxylation sites is 1. The molecule has 3 aromatic rings. The summed E-state index contributed by atoms with van der Waals surface area (Å²) < 4.78 is 69.3. The number of alkyl halides is 1. The number of fused-ring (bicyclic) bond motifs is 1. The number of nitrogens with zero attached hydrogens (tertiary/aromatic N) is 4. The summed E-state index contributed by atoms with van der Waals surface area (Å²) in [6, 6.07) is 6.28. The van der Waals surface area contributed by atoms with Crippen molar-refractivity contribution in [2.45, 2.75) is 57.8 Å². The number of benzene rings is 1. The molecule has 5 N–H and O–H groups in total. The normalized spacial score (nSPS) is 24.3. The van der Waals surface area contributed by atoms with E-state index in [0.717, 1.165) is 10.9 Å². The van der Waals surface area contributed by atoms with Crippen LogP contribution in [0.25, 0.3) is 11.2 Å². The number of phosphoric ester groups is 1. The summed E-state index contributed by atoms with van der Waals surface area (Å²) in [5.74, 6) is -1.36. The largest absolute Gasteiger partial charge is 0.481 e. The van der Waals surface area contributed by atoms with Gasteiger partial charge in [-0.3, -0.25) is 13.9 Å². The lowest BCUT2D eigenvalue weighted by Gasteiger charge is -2.28. The van der Waals surface area contributed by atoms with E-state index in [-0.39, 0.29) is 34.6 Å². The van der Waals surface area contributed by atoms with Crippen molar-refractivity contribution in [2.24, 2.45) is 5.92 Å². The fourth-order valence-electron chi connectivity index (χ4n) is 4.23. The number of phosphoric acid groups is 1. The molecular weight excluding hydrogens is 649 g/mol. The average Bonchev–Trinajstić information content (AvgIpc) is 3.50. The van der Waals surface area contributed by atoms with E-state index in [9.17, 15) is 23.9 Å². The lowest BCUT2D eigenvalue weighted by molar-refractivity contribution is -0.146. The van der Waals surface area contributed by atoms with E-state index in [4.69, 9.17) is 40.2 Å². The summed E-state index contributed by atoms with van der Waals surface area (Å²) in [6.07, 6.45) is -5.38. The molecule has 20 heteroatoms. The van der Waals surface area contributed by atoms with Gasteiger partial charge in [0.15, 0.2) is 23.9 Å². The first-order chi connectivity index (χ1) is 20.8. The maximum absolute atomic E-state index is 15.2. The van der Waals surface area contributed by atoms with Crippen molar-refractivity contribution in [3.63, 3.8) is 0 Å². The zero-order chi connectivity index (χ0) is 32.2. The Balaban J connectivity index is 1.51. The third-order valence-electron chi connectivity index (χ3n) is 6.62. The predicted octanol–water partition coefficient (Wildman–Crippen LogP) is 3.55. The van der Waals surface area contributed by atoms with E-state index in [1.807, 2.05) is 0 Å². The van der Waals surface area contributed by atoms with Crippen molar-refractivity contribution in [2.75, 3.05) is 18.9 Å². The summed E-state index contributed by atoms with van der Waals surface area (Å²) in [5, 5.41) is 12.7. The maximum atomic E-state index is 15.2. The number of aliphatic hydroxyl groups is 1. The Morgan fingerprint density at radius 1 is 1.27 bits per heavy atom. The second-order valence-electron chi connectivity index (χ2n) is 9.69. The number of anilines is 1. The number of hydrogen-bond acceptors (Lipinski definition) is 13. The van der Waals surface area contributed by atoms with Gasteiger partial charge in [0, 0.05) is 0 Å². The number of nitrogens with two attached hydrogens (primary N) is 1. The van der Waals surface area contributed by atoms with Gasteiger partial charge in [-0.25, -0.2) is 18.5 Å². The SMILES string of the molecule is CCOC(=O)[C@@H](NP(=O)(Oc1ccccc1)OP(=O)(O)OC[C@H]1O[C@@H](n2cnc3c(N)nc(Cl)nc32)C(F)[C@H]1O)C(C)CC. The van der Waals surface area contributed by atoms with Crippen molar-refractivity contribution < 1.29 is 51.1 Å². The molecule has 242 valence electrons. The van der Waals surface area contributed by atoms with Gasteiger partial charge in [-0.1, -0.05) is 38.5 Å². The molecule has 1 aliphatic rings. The topological polar surface area (TPSA) is 219 Å². The monoisotopic (exact) mass is 680 g/mol. The molecule has 1 aromatic carbocycles. The van der Waals surface area contributed by atoms with Crippen LogP contribution in [0, 0.1) is 5.92 Å². The number of esters is 1. The van der Waals surface area contributed by atoms with E-state index < -0.39 is 64.7 Å². The van der Waals surface area contributed by atoms with Crippen molar-refractivity contribution in [1.82, 2.24) is 24.6 Å². The van der Waals surface area contributed by atoms with Crippen LogP contribution in [-0.2, 0) is 32.2 Å². The first-order valence-corrected chi connectivity index (χ1v) is 16.8. The van der Waals surface area contributed by atoms with E-state index in [1.54, 1.807) is 39.0 Å². The summed E-state index contributed by atoms with van der Waals surface area (Å²) in [6.45, 7) is 4.13. The number of imidazole rings is 1. The van der Waals surface area contributed by atoms with Crippen LogP contribution in [0.2, 0.25) is 5.28 Å². The van der Waals surface area contributed by atoms with Gasteiger partial charge in [-0.05, 0) is 36.6 Å². The number of nitrogens with one attached hydrogen (secondary N) is 1. The second-order valence-corrected chi connectivity index (χ2v) is 13.3. The molecular formula is C24H32ClFN6O10P2. The van der Waals surface area contributed by atoms with E-state index >= 15 is 4.39 Å². The minimum absolute atomic E-state index is 0.0161. The number of halogens is 2. The molecule has 0 bridgehead atoms. The number of hydrogen-bond donors (Lipinski definition) is 4. The smallest absolute Gasteiger partial charge is 0.465 e. The Hall–Kier alpha value is -2.72. The molecule has 0 aliphatic carbocycles. The highest BCUT2D eigenvalue weighted by molar-refractivity contribution is 7.63. The molecule has 0 radical (unpaired) electrons. The van der Waals surface area contributed by atoms with Crippen LogP contribution < -0.4 is 15.3 Å². The number of nitrogen functional groups attached to an aromatic ring is 1. The first kappa shape index (κ1) is 34.2. The van der Waals surface area contributed by atoms with E-state index in [0.29, 0.717) is 6.42 Å². The quantitative estimate of drug-likeness (QED) is 0.109. The fourth-order valence-corrected chi connectivity index (χ4v) is 7.48. The van der Waals surface area contributed by atoms with Crippen molar-refractivity contribution in [1.29, 1.82) is 0 Å². The molecule has 1 aliphatic heterocycles. The standard InChI is InChI=1S/C24H32ClFN6O10P2/c1-4-13(3)17(23(34)38-5-2)31-43(35,41-14-9-7-6-8-10-14)42-44(36,37)39-11-15-19(33)16(26)22(40-15)32-12-28-18-20(27)29-24(25)30-21(18)32/h6-10,12-13,15-17,19,22,33H,4-5,11H2,1-3H3,(H,31,35)(H,36,37)(H2,27,29,30)/t13?,15-,16?,17+,19+,22-,43?/m1/s1. The molecule has 1 fully saturated rings. The van der Waals surface area contributed by atoms with E-state index in [2.05, 4.69) is 20.0 Å². The Bertz CT molecular complexity index is 1550. The maximum Gasteiger partial charge on any atom is 0.481 e. The number of aromatic nitrogens is 4. The van der Waals surface area contributed by atoms with Gasteiger partial charge >= 0.3 is 21.5 Å². The molecule has 3 heterocycles. The Kier molecular flexibility index (Phi) is 11.0. The highest BCUT2D eigenvalue weighted by Crippen LogP contribution is 2.61. The molecule has 0 amide bonds. The van der Waals surface area contributed by atoms with Crippen molar-refractivity contribution in [3.8, 4) is 5.75 Å². The summed E-state index contributed by atoms with van der Waals surface area (Å²) in [4.78, 5) is 35.0. The molecule has 4 unspecified atom stereocenters. The van der Waals surface area contributed by atoms with Crippen LogP contribution in [0.3, 0.4) is 0 Å². The van der Waals surface area contributed by atoms with Crippen LogP contribution in [0.1, 0.15) is 33.4 Å². The molecule has 8 atom stereocenters. The van der Waals surface area contributed by atoms with Crippen LogP contribution >= 0.6 is 27.2 Å². The number of carbonyl (C=O) groups excluding carboxylic acids is 1. The van der Waals surface area contributed by atoms with Gasteiger partial charge in [0.2, 0.25) is 5.28 Å². The van der Waals surface area contributed by atoms with Crippen LogP contribution in [0.5, 0.6) is 5.75 Å². The summed E-state index contributed by atoms with van der Waals surface area (Å²) in [7, 11) is -10.2. The molecule has 44 heavy (non-hydrogen) atoms. The van der Waals surface area contributed by atoms with Crippen molar-refractivity contribution in [3.05, 3.63) is 41.9 Å². The van der Waals surface area contributed by atoms with Gasteiger partial charge in [0.25, 0.3) is 0 Å². The average molecular weight is 681 g/mol. The van der Waals surface area contributed by atoms with Crippen LogP contribution in [0.4, 0.5) is 10.2 Å². The van der Waals surface area contributed by atoms with Gasteiger partial charge in [0.05, 0.1) is 19.5 Å². The fraction of sp³-hybridized carbons (Fsp3) is 0.500. The van der Waals surface area contributed by atoms with Gasteiger partial charge < -0.3 is 29.7 Å².